The smallest absolute Gasteiger partial charge is 0.000731 e. The van der Waals surface area contributed by atoms with Gasteiger partial charge in [0.15, 0.2) is 0 Å². The molecule has 0 saturated carbocycles. The highest BCUT2D eigenvalue weighted by molar-refractivity contribution is 6.02. The number of hydrogen-bond acceptors (Lipinski definition) is 0. The van der Waals surface area contributed by atoms with Gasteiger partial charge in [0.25, 0.3) is 0 Å². The molecule has 269 valence electrons. The van der Waals surface area contributed by atoms with Crippen molar-refractivity contribution >= 4 is 22.8 Å². The summed E-state index contributed by atoms with van der Waals surface area (Å²) in [5.41, 5.74) is 18.3. The molecule has 1 radical (unpaired) electrons. The maximum atomic E-state index is 4.07. The van der Waals surface area contributed by atoms with Crippen LogP contribution in [0.25, 0.3) is 33.9 Å². The summed E-state index contributed by atoms with van der Waals surface area (Å²) in [6, 6.07) is 39.0. The second-order valence-corrected chi connectivity index (χ2v) is 19.4. The zero-order valence-corrected chi connectivity index (χ0v) is 34.2. The van der Waals surface area contributed by atoms with Crippen LogP contribution in [0.2, 0.25) is 0 Å². The van der Waals surface area contributed by atoms with E-state index in [1.54, 1.807) is 0 Å². The van der Waals surface area contributed by atoms with Crippen LogP contribution in [0, 0.1) is 0 Å². The first-order valence-electron chi connectivity index (χ1n) is 19.5. The molecule has 0 saturated heterocycles. The van der Waals surface area contributed by atoms with Gasteiger partial charge >= 0.3 is 0 Å². The van der Waals surface area contributed by atoms with Crippen LogP contribution in [-0.2, 0) is 21.7 Å². The molecule has 0 atom stereocenters. The Bertz CT molecular complexity index is 2330. The van der Waals surface area contributed by atoms with Gasteiger partial charge in [0.05, 0.1) is 0 Å². The van der Waals surface area contributed by atoms with Crippen molar-refractivity contribution in [3.8, 4) is 11.1 Å². The molecule has 0 N–H and O–H groups in total. The van der Waals surface area contributed by atoms with Gasteiger partial charge in [-0.2, -0.15) is 0 Å². The van der Waals surface area contributed by atoms with Gasteiger partial charge < -0.3 is 0 Å². The van der Waals surface area contributed by atoms with Crippen LogP contribution in [0.4, 0.5) is 0 Å². The van der Waals surface area contributed by atoms with Crippen LogP contribution in [0.1, 0.15) is 140 Å². The highest BCUT2D eigenvalue weighted by atomic mass is 14.3. The van der Waals surface area contributed by atoms with Gasteiger partial charge in [0.1, 0.15) is 0 Å². The van der Waals surface area contributed by atoms with Crippen LogP contribution in [0.3, 0.4) is 0 Å². The number of rotatable bonds is 4. The minimum atomic E-state index is -0.175. The third-order valence-electron chi connectivity index (χ3n) is 11.1. The molecule has 7 rings (SSSR count). The van der Waals surface area contributed by atoms with Crippen molar-refractivity contribution in [1.29, 1.82) is 0 Å². The van der Waals surface area contributed by atoms with Crippen molar-refractivity contribution in [3.05, 3.63) is 176 Å². The lowest BCUT2D eigenvalue weighted by molar-refractivity contribution is 0.568. The van der Waals surface area contributed by atoms with Crippen molar-refractivity contribution < 1.29 is 0 Å². The number of benzene rings is 5. The van der Waals surface area contributed by atoms with Gasteiger partial charge in [-0.25, -0.2) is 0 Å². The monoisotopic (exact) mass is 693 g/mol. The van der Waals surface area contributed by atoms with Crippen molar-refractivity contribution in [2.75, 3.05) is 0 Å². The van der Waals surface area contributed by atoms with E-state index in [1.165, 1.54) is 88.4 Å². The maximum Gasteiger partial charge on any atom is -0.000731 e. The summed E-state index contributed by atoms with van der Waals surface area (Å²) in [5, 5.41) is 2.54. The van der Waals surface area contributed by atoms with Gasteiger partial charge in [-0.1, -0.05) is 186 Å². The molecule has 0 fully saturated rings. The van der Waals surface area contributed by atoms with Crippen molar-refractivity contribution in [2.45, 2.75) is 111 Å². The number of fused-ring (bicyclic) bond motifs is 3. The van der Waals surface area contributed by atoms with E-state index in [0.29, 0.717) is 0 Å². The van der Waals surface area contributed by atoms with Gasteiger partial charge in [-0.05, 0) is 135 Å². The highest BCUT2D eigenvalue weighted by Crippen LogP contribution is 2.43. The van der Waals surface area contributed by atoms with Gasteiger partial charge in [-0.15, -0.1) is 0 Å². The second-order valence-electron chi connectivity index (χ2n) is 19.4. The van der Waals surface area contributed by atoms with Gasteiger partial charge in [-0.3, -0.25) is 0 Å². The lowest BCUT2D eigenvalue weighted by Gasteiger charge is -2.29. The van der Waals surface area contributed by atoms with E-state index in [-0.39, 0.29) is 21.7 Å². The molecule has 5 aromatic rings. The largest absolute Gasteiger partial charge is 0.0795 e. The Labute approximate surface area is 319 Å². The fraction of sp³-hybridized carbons (Fsp3) is 0.321. The second kappa shape index (κ2) is 13.0. The van der Waals surface area contributed by atoms with E-state index in [9.17, 15) is 0 Å². The summed E-state index contributed by atoms with van der Waals surface area (Å²) in [6.07, 6.45) is 9.73. The van der Waals surface area contributed by atoms with Crippen molar-refractivity contribution in [2.24, 2.45) is 0 Å². The Morgan fingerprint density at radius 1 is 0.528 bits per heavy atom. The fourth-order valence-electron chi connectivity index (χ4n) is 8.14. The number of allylic oxidation sites excluding steroid dienone is 4. The van der Waals surface area contributed by atoms with E-state index < -0.39 is 0 Å². The van der Waals surface area contributed by atoms with E-state index in [0.717, 1.165) is 6.42 Å². The Hall–Kier alpha value is -4.68. The Morgan fingerprint density at radius 2 is 1.08 bits per heavy atom. The fourth-order valence-corrected chi connectivity index (χ4v) is 8.14. The molecule has 0 unspecified atom stereocenters. The molecule has 0 bridgehead atoms. The molecular weight excluding hydrogens is 637 g/mol. The highest BCUT2D eigenvalue weighted by Gasteiger charge is 2.31. The van der Waals surface area contributed by atoms with Crippen LogP contribution in [0.15, 0.2) is 115 Å². The van der Waals surface area contributed by atoms with E-state index >= 15 is 0 Å². The average Bonchev–Trinajstić information content (AvgIpc) is 3.72. The van der Waals surface area contributed by atoms with Crippen molar-refractivity contribution in [1.82, 2.24) is 0 Å². The van der Waals surface area contributed by atoms with Crippen molar-refractivity contribution in [3.63, 3.8) is 0 Å². The molecule has 0 heteroatoms. The van der Waals surface area contributed by atoms with Crippen LogP contribution >= 0.6 is 0 Å². The molecule has 0 aromatic heterocycles. The Kier molecular flexibility index (Phi) is 9.01. The topological polar surface area (TPSA) is 0 Å². The normalized spacial score (nSPS) is 14.3. The van der Waals surface area contributed by atoms with Crippen LogP contribution < -0.4 is 10.4 Å². The summed E-state index contributed by atoms with van der Waals surface area (Å²) in [6.45, 7) is 28.1. The molecule has 0 nitrogen and oxygen atoms in total. The van der Waals surface area contributed by atoms with Crippen LogP contribution in [0.5, 0.6) is 0 Å². The quantitative estimate of drug-likeness (QED) is 0.172. The van der Waals surface area contributed by atoms with E-state index in [2.05, 4.69) is 204 Å². The first-order valence-corrected chi connectivity index (χ1v) is 19.5. The number of hydrogen-bond donors (Lipinski definition) is 0. The standard InChI is InChI=1S/C53H57/c1-50(2,3)38-26-27-42-37(28-38)31-45-44(42)33-46(47(34-20-15-13-16-21-34)35-22-17-14-18-23-35)49(53(10,11)12)48(45)43-25-19-24-41(43)36-29-39(51(4,5)6)32-40(30-36)52(7,8)9/h13-24,26-30,32-33H,25H2,1-12H3. The van der Waals surface area contributed by atoms with E-state index in [4.69, 9.17) is 0 Å². The minimum absolute atomic E-state index is 0.0278. The predicted molar refractivity (Wildman–Crippen MR) is 230 cm³/mol. The minimum Gasteiger partial charge on any atom is -0.0795 e. The molecule has 0 heterocycles. The summed E-state index contributed by atoms with van der Waals surface area (Å²) >= 11 is 0. The molecular formula is C53H57. The lowest BCUT2D eigenvalue weighted by Crippen LogP contribution is -2.32. The van der Waals surface area contributed by atoms with Crippen LogP contribution in [-0.4, -0.2) is 0 Å². The average molecular weight is 694 g/mol. The van der Waals surface area contributed by atoms with Gasteiger partial charge in [0.2, 0.25) is 0 Å². The van der Waals surface area contributed by atoms with Gasteiger partial charge in [0, 0.05) is 0 Å². The SMILES string of the molecule is CC(C)(C)c1cc(C2=C(c3c(C(C)(C)C)c(=C(c4ccccc4)c4ccccc4)cc4c3=[C]c3cc(C(C)(C)C)ccc3-4)CC=C2)cc(C(C)(C)C)c1. The third kappa shape index (κ3) is 6.94. The summed E-state index contributed by atoms with van der Waals surface area (Å²) in [5.74, 6) is 0. The first kappa shape index (κ1) is 36.7. The zero-order chi connectivity index (χ0) is 38.1. The summed E-state index contributed by atoms with van der Waals surface area (Å²) in [7, 11) is 0. The maximum absolute atomic E-state index is 4.07. The molecule has 2 aliphatic carbocycles. The third-order valence-corrected chi connectivity index (χ3v) is 11.1. The summed E-state index contributed by atoms with van der Waals surface area (Å²) < 4.78 is 0. The first-order chi connectivity index (χ1) is 24.8. The Morgan fingerprint density at radius 3 is 1.58 bits per heavy atom. The molecule has 53 heavy (non-hydrogen) atoms. The lowest BCUT2D eigenvalue weighted by atomic mass is 9.75. The predicted octanol–water partition coefficient (Wildman–Crippen LogP) is 12.7. The molecule has 2 aliphatic rings. The zero-order valence-electron chi connectivity index (χ0n) is 34.2. The molecule has 0 spiro atoms. The van der Waals surface area contributed by atoms with E-state index in [1.807, 2.05) is 0 Å². The Balaban J connectivity index is 1.69. The summed E-state index contributed by atoms with van der Waals surface area (Å²) in [4.78, 5) is 0. The molecule has 0 amide bonds. The molecule has 5 aromatic carbocycles. The molecule has 0 aliphatic heterocycles.